The number of aromatic nitrogens is 2. The molecule has 0 aliphatic carbocycles. The van der Waals surface area contributed by atoms with Gasteiger partial charge in [-0.05, 0) is 19.1 Å². The number of carbonyl (C=O) groups is 2. The summed E-state index contributed by atoms with van der Waals surface area (Å²) in [4.78, 5) is 24.4. The molecular weight excluding hydrogens is 296 g/mol. The van der Waals surface area contributed by atoms with Gasteiger partial charge in [0.1, 0.15) is 0 Å². The highest BCUT2D eigenvalue weighted by atomic mass is 16.4. The van der Waals surface area contributed by atoms with E-state index in [0.29, 0.717) is 5.69 Å². The van der Waals surface area contributed by atoms with Crippen LogP contribution in [0.4, 0.5) is 10.5 Å². The summed E-state index contributed by atoms with van der Waals surface area (Å²) < 4.78 is 1.73. The molecule has 0 radical (unpaired) electrons. The van der Waals surface area contributed by atoms with Gasteiger partial charge < -0.3 is 15.3 Å². The number of amides is 2. The van der Waals surface area contributed by atoms with Gasteiger partial charge in [0.05, 0.1) is 29.2 Å². The highest BCUT2D eigenvalue weighted by Gasteiger charge is 2.18. The summed E-state index contributed by atoms with van der Waals surface area (Å²) >= 11 is 0. The van der Waals surface area contributed by atoms with E-state index in [1.165, 1.54) is 4.90 Å². The molecule has 23 heavy (non-hydrogen) atoms. The van der Waals surface area contributed by atoms with Crippen LogP contribution in [0.3, 0.4) is 0 Å². The van der Waals surface area contributed by atoms with Crippen molar-refractivity contribution in [1.82, 2.24) is 14.7 Å². The van der Waals surface area contributed by atoms with E-state index in [0.717, 1.165) is 11.4 Å². The Morgan fingerprint density at radius 2 is 2.00 bits per heavy atom. The molecular formula is C16H20N4O3. The van der Waals surface area contributed by atoms with Gasteiger partial charge in [0.2, 0.25) is 0 Å². The van der Waals surface area contributed by atoms with Crippen molar-refractivity contribution in [3.8, 4) is 5.69 Å². The summed E-state index contributed by atoms with van der Waals surface area (Å²) in [5, 5.41) is 15.9. The third kappa shape index (κ3) is 3.88. The first-order valence-electron chi connectivity index (χ1n) is 7.25. The Balaban J connectivity index is 2.08. The second-order valence-electron chi connectivity index (χ2n) is 5.44. The fourth-order valence-corrected chi connectivity index (χ4v) is 2.14. The van der Waals surface area contributed by atoms with Crippen LogP contribution in [0.5, 0.6) is 0 Å². The number of benzene rings is 1. The van der Waals surface area contributed by atoms with E-state index < -0.39 is 11.9 Å². The molecule has 2 rings (SSSR count). The van der Waals surface area contributed by atoms with E-state index in [4.69, 9.17) is 5.11 Å². The minimum Gasteiger partial charge on any atom is -0.481 e. The molecule has 1 aromatic carbocycles. The number of hydrogen-bond acceptors (Lipinski definition) is 3. The Kier molecular flexibility index (Phi) is 5.00. The lowest BCUT2D eigenvalue weighted by Gasteiger charge is -2.19. The Morgan fingerprint density at radius 1 is 1.35 bits per heavy atom. The van der Waals surface area contributed by atoms with Crippen molar-refractivity contribution in [3.63, 3.8) is 0 Å². The summed E-state index contributed by atoms with van der Waals surface area (Å²) in [6.45, 7) is 3.55. The largest absolute Gasteiger partial charge is 0.481 e. The van der Waals surface area contributed by atoms with Gasteiger partial charge in [-0.1, -0.05) is 25.1 Å². The number of nitrogens with zero attached hydrogens (tertiary/aromatic N) is 3. The van der Waals surface area contributed by atoms with Crippen LogP contribution >= 0.6 is 0 Å². The first-order valence-corrected chi connectivity index (χ1v) is 7.25. The summed E-state index contributed by atoms with van der Waals surface area (Å²) in [6.07, 6.45) is 1.58. The van der Waals surface area contributed by atoms with Crippen molar-refractivity contribution < 1.29 is 14.7 Å². The van der Waals surface area contributed by atoms with E-state index in [-0.39, 0.29) is 12.6 Å². The molecule has 1 heterocycles. The van der Waals surface area contributed by atoms with Gasteiger partial charge in [-0.2, -0.15) is 5.10 Å². The molecule has 1 atom stereocenters. The predicted octanol–water partition coefficient (Wildman–Crippen LogP) is 2.37. The summed E-state index contributed by atoms with van der Waals surface area (Å²) in [7, 11) is 1.56. The van der Waals surface area contributed by atoms with E-state index in [9.17, 15) is 9.59 Å². The van der Waals surface area contributed by atoms with Gasteiger partial charge in [-0.25, -0.2) is 9.48 Å². The Hall–Kier alpha value is -2.83. The second-order valence-corrected chi connectivity index (χ2v) is 5.44. The van der Waals surface area contributed by atoms with Gasteiger partial charge in [0.15, 0.2) is 0 Å². The molecule has 2 aromatic rings. The first-order chi connectivity index (χ1) is 10.9. The zero-order chi connectivity index (χ0) is 17.0. The highest BCUT2D eigenvalue weighted by Crippen LogP contribution is 2.18. The van der Waals surface area contributed by atoms with E-state index in [1.807, 2.05) is 37.3 Å². The Bertz CT molecular complexity index is 697. The first kappa shape index (κ1) is 16.5. The quantitative estimate of drug-likeness (QED) is 0.886. The van der Waals surface area contributed by atoms with Crippen molar-refractivity contribution in [2.45, 2.75) is 13.8 Å². The fourth-order valence-electron chi connectivity index (χ4n) is 2.14. The number of carbonyl (C=O) groups excluding carboxylic acids is 1. The normalized spacial score (nSPS) is 11.8. The molecule has 7 heteroatoms. The monoisotopic (exact) mass is 316 g/mol. The Labute approximate surface area is 134 Å². The average Bonchev–Trinajstić information content (AvgIpc) is 2.89. The number of anilines is 1. The molecule has 0 aliphatic heterocycles. The van der Waals surface area contributed by atoms with Crippen LogP contribution in [-0.2, 0) is 4.79 Å². The molecule has 0 aliphatic rings. The van der Waals surface area contributed by atoms with E-state index >= 15 is 0 Å². The van der Waals surface area contributed by atoms with Gasteiger partial charge in [-0.3, -0.25) is 4.79 Å². The van der Waals surface area contributed by atoms with Crippen LogP contribution in [0.1, 0.15) is 12.6 Å². The number of aliphatic carboxylic acids is 1. The maximum absolute atomic E-state index is 12.2. The fraction of sp³-hybridized carbons (Fsp3) is 0.312. The van der Waals surface area contributed by atoms with Gasteiger partial charge in [0, 0.05) is 13.6 Å². The van der Waals surface area contributed by atoms with Gasteiger partial charge >= 0.3 is 12.0 Å². The molecule has 1 aromatic heterocycles. The maximum atomic E-state index is 12.2. The number of carboxylic acid groups (broad SMARTS) is 1. The second kappa shape index (κ2) is 6.95. The minimum atomic E-state index is -0.933. The minimum absolute atomic E-state index is 0.132. The number of urea groups is 1. The third-order valence-corrected chi connectivity index (χ3v) is 3.57. The molecule has 0 saturated carbocycles. The van der Waals surface area contributed by atoms with Gasteiger partial charge in [0.25, 0.3) is 0 Å². The smallest absolute Gasteiger partial charge is 0.321 e. The van der Waals surface area contributed by atoms with Crippen LogP contribution in [-0.4, -0.2) is 45.4 Å². The van der Waals surface area contributed by atoms with E-state index in [1.54, 1.807) is 24.9 Å². The zero-order valence-corrected chi connectivity index (χ0v) is 13.4. The maximum Gasteiger partial charge on any atom is 0.321 e. The van der Waals surface area contributed by atoms with Crippen LogP contribution in [0.25, 0.3) is 5.69 Å². The summed E-state index contributed by atoms with van der Waals surface area (Å²) in [5.74, 6) is -1.56. The lowest BCUT2D eigenvalue weighted by atomic mass is 10.2. The molecule has 1 unspecified atom stereocenters. The molecule has 7 nitrogen and oxygen atoms in total. The predicted molar refractivity (Wildman–Crippen MR) is 86.7 cm³/mol. The number of carboxylic acids is 1. The molecule has 2 N–H and O–H groups in total. The molecule has 0 spiro atoms. The van der Waals surface area contributed by atoms with Crippen molar-refractivity contribution in [2.24, 2.45) is 5.92 Å². The lowest BCUT2D eigenvalue weighted by Crippen LogP contribution is -2.36. The third-order valence-electron chi connectivity index (χ3n) is 3.57. The molecule has 0 bridgehead atoms. The standard InChI is InChI=1S/C16H20N4O3/c1-11(15(21)22)10-19(3)16(23)18-14-9-17-20(12(14)2)13-7-5-4-6-8-13/h4-9,11H,10H2,1-3H3,(H,18,23)(H,21,22). The molecule has 2 amide bonds. The molecule has 0 saturated heterocycles. The van der Waals surface area contributed by atoms with Crippen molar-refractivity contribution in [3.05, 3.63) is 42.2 Å². The average molecular weight is 316 g/mol. The van der Waals surface area contributed by atoms with Crippen LogP contribution in [0.2, 0.25) is 0 Å². The zero-order valence-electron chi connectivity index (χ0n) is 13.4. The summed E-state index contributed by atoms with van der Waals surface area (Å²) in [5.41, 5.74) is 2.29. The summed E-state index contributed by atoms with van der Waals surface area (Å²) in [6, 6.07) is 9.22. The molecule has 122 valence electrons. The highest BCUT2D eigenvalue weighted by molar-refractivity contribution is 5.90. The van der Waals surface area contributed by atoms with Crippen LogP contribution in [0.15, 0.2) is 36.5 Å². The van der Waals surface area contributed by atoms with E-state index in [2.05, 4.69) is 10.4 Å². The van der Waals surface area contributed by atoms with Crippen molar-refractivity contribution in [2.75, 3.05) is 18.9 Å². The van der Waals surface area contributed by atoms with Gasteiger partial charge in [-0.15, -0.1) is 0 Å². The Morgan fingerprint density at radius 3 is 2.61 bits per heavy atom. The van der Waals surface area contributed by atoms with Crippen molar-refractivity contribution in [1.29, 1.82) is 0 Å². The van der Waals surface area contributed by atoms with Crippen LogP contribution < -0.4 is 5.32 Å². The number of nitrogens with one attached hydrogen (secondary N) is 1. The lowest BCUT2D eigenvalue weighted by molar-refractivity contribution is -0.141. The SMILES string of the molecule is Cc1c(NC(=O)N(C)CC(C)C(=O)O)cnn1-c1ccccc1. The topological polar surface area (TPSA) is 87.5 Å². The van der Waals surface area contributed by atoms with Crippen molar-refractivity contribution >= 4 is 17.7 Å². The molecule has 0 fully saturated rings. The number of hydrogen-bond donors (Lipinski definition) is 2. The number of rotatable bonds is 5. The van der Waals surface area contributed by atoms with Crippen LogP contribution in [0, 0.1) is 12.8 Å². The number of para-hydroxylation sites is 1.